The van der Waals surface area contributed by atoms with Crippen LogP contribution in [0.5, 0.6) is 0 Å². The van der Waals surface area contributed by atoms with Crippen molar-refractivity contribution in [3.05, 3.63) is 4.84 Å². The lowest BCUT2D eigenvalue weighted by atomic mass is 10.0. The van der Waals surface area contributed by atoms with E-state index in [4.69, 9.17) is 23.2 Å². The van der Waals surface area contributed by atoms with Crippen LogP contribution in [0.1, 0.15) is 20.8 Å². The standard InChI is InChI=1S/C5H9Cl2/c1-5(2,3)4(6)7/h1-3H3. The molecule has 0 aliphatic carbocycles. The summed E-state index contributed by atoms with van der Waals surface area (Å²) < 4.78 is 0. The summed E-state index contributed by atoms with van der Waals surface area (Å²) >= 11 is 10.9. The number of halogens is 2. The first kappa shape index (κ1) is 7.58. The second kappa shape index (κ2) is 2.23. The Morgan fingerprint density at radius 3 is 1.29 bits per heavy atom. The third-order valence-electron chi connectivity index (χ3n) is 0.567. The molecule has 0 atom stereocenters. The molecule has 0 heterocycles. The van der Waals surface area contributed by atoms with E-state index in [0.29, 0.717) is 4.84 Å². The van der Waals surface area contributed by atoms with Crippen molar-refractivity contribution in [1.82, 2.24) is 0 Å². The van der Waals surface area contributed by atoms with Crippen molar-refractivity contribution in [1.29, 1.82) is 0 Å². The second-order valence-electron chi connectivity index (χ2n) is 2.51. The highest BCUT2D eigenvalue weighted by molar-refractivity contribution is 6.53. The molecule has 1 radical (unpaired) electrons. The Morgan fingerprint density at radius 2 is 1.29 bits per heavy atom. The molecule has 0 rings (SSSR count). The van der Waals surface area contributed by atoms with E-state index >= 15 is 0 Å². The SMILES string of the molecule is CC(C)(C)[C](Cl)Cl. The van der Waals surface area contributed by atoms with Gasteiger partial charge in [0, 0.05) is 0 Å². The lowest BCUT2D eigenvalue weighted by Crippen LogP contribution is -2.06. The molecule has 0 fully saturated rings. The Balaban J connectivity index is 3.54. The van der Waals surface area contributed by atoms with Gasteiger partial charge in [-0.15, -0.1) is 0 Å². The smallest absolute Gasteiger partial charge is 0.0977 e. The quantitative estimate of drug-likeness (QED) is 0.485. The van der Waals surface area contributed by atoms with Crippen LogP contribution in [0.4, 0.5) is 0 Å². The molecule has 0 aromatic rings. The molecule has 0 aromatic carbocycles. The summed E-state index contributed by atoms with van der Waals surface area (Å²) in [7, 11) is 0. The van der Waals surface area contributed by atoms with Gasteiger partial charge in [-0.05, 0) is 5.41 Å². The van der Waals surface area contributed by atoms with Gasteiger partial charge in [0.2, 0.25) is 0 Å². The summed E-state index contributed by atoms with van der Waals surface area (Å²) in [5, 5.41) is 0. The van der Waals surface area contributed by atoms with Gasteiger partial charge in [0.1, 0.15) is 0 Å². The molecule has 0 nitrogen and oxygen atoms in total. The van der Waals surface area contributed by atoms with Crippen LogP contribution in [-0.4, -0.2) is 0 Å². The topological polar surface area (TPSA) is 0 Å². The molecule has 0 aliphatic heterocycles. The van der Waals surface area contributed by atoms with E-state index in [1.165, 1.54) is 0 Å². The van der Waals surface area contributed by atoms with Crippen molar-refractivity contribution >= 4 is 23.2 Å². The highest BCUT2D eigenvalue weighted by Gasteiger charge is 2.19. The highest BCUT2D eigenvalue weighted by atomic mass is 35.5. The highest BCUT2D eigenvalue weighted by Crippen LogP contribution is 2.34. The van der Waals surface area contributed by atoms with Crippen molar-refractivity contribution in [3.63, 3.8) is 0 Å². The Labute approximate surface area is 54.8 Å². The third-order valence-corrected chi connectivity index (χ3v) is 1.70. The molecule has 0 aliphatic rings. The van der Waals surface area contributed by atoms with E-state index < -0.39 is 0 Å². The van der Waals surface area contributed by atoms with Gasteiger partial charge < -0.3 is 0 Å². The Hall–Kier alpha value is 0.580. The minimum absolute atomic E-state index is 0.0525. The fraction of sp³-hybridized carbons (Fsp3) is 0.800. The fourth-order valence-electron chi connectivity index (χ4n) is 0. The number of rotatable bonds is 0. The van der Waals surface area contributed by atoms with Crippen LogP contribution in [0.25, 0.3) is 0 Å². The molecular formula is C5H9Cl2. The van der Waals surface area contributed by atoms with Gasteiger partial charge in [-0.25, -0.2) is 0 Å². The van der Waals surface area contributed by atoms with Crippen LogP contribution < -0.4 is 0 Å². The number of hydrogen-bond donors (Lipinski definition) is 0. The van der Waals surface area contributed by atoms with Gasteiger partial charge in [0.05, 0.1) is 0 Å². The van der Waals surface area contributed by atoms with Crippen LogP contribution in [0.15, 0.2) is 0 Å². The number of hydrogen-bond acceptors (Lipinski definition) is 0. The van der Waals surface area contributed by atoms with Gasteiger partial charge in [0.25, 0.3) is 0 Å². The molecule has 0 bridgehead atoms. The van der Waals surface area contributed by atoms with E-state index in [2.05, 4.69) is 0 Å². The van der Waals surface area contributed by atoms with E-state index in [9.17, 15) is 0 Å². The monoisotopic (exact) mass is 139 g/mol. The summed E-state index contributed by atoms with van der Waals surface area (Å²) in [4.78, 5) is 0.438. The molecule has 0 saturated carbocycles. The maximum Gasteiger partial charge on any atom is 0.156 e. The first-order valence-corrected chi connectivity index (χ1v) is 2.88. The van der Waals surface area contributed by atoms with Gasteiger partial charge in [-0.1, -0.05) is 44.0 Å². The Morgan fingerprint density at radius 1 is 1.14 bits per heavy atom. The molecule has 7 heavy (non-hydrogen) atoms. The molecule has 0 N–H and O–H groups in total. The lowest BCUT2D eigenvalue weighted by molar-refractivity contribution is 0.508. The van der Waals surface area contributed by atoms with E-state index in [1.54, 1.807) is 0 Å². The summed E-state index contributed by atoms with van der Waals surface area (Å²) in [6.45, 7) is 5.88. The van der Waals surface area contributed by atoms with Crippen molar-refractivity contribution in [2.24, 2.45) is 5.41 Å². The van der Waals surface area contributed by atoms with Crippen LogP contribution in [0, 0.1) is 10.3 Å². The van der Waals surface area contributed by atoms with Crippen LogP contribution in [0.2, 0.25) is 0 Å². The lowest BCUT2D eigenvalue weighted by Gasteiger charge is -2.16. The summed E-state index contributed by atoms with van der Waals surface area (Å²) in [5.41, 5.74) is -0.0525. The van der Waals surface area contributed by atoms with E-state index in [1.807, 2.05) is 20.8 Å². The largest absolute Gasteiger partial charge is 0.156 e. The first-order valence-electron chi connectivity index (χ1n) is 2.13. The predicted octanol–water partition coefficient (Wildman–Crippen LogP) is 3.00. The summed E-state index contributed by atoms with van der Waals surface area (Å²) in [5.74, 6) is 0. The maximum atomic E-state index is 5.44. The normalized spacial score (nSPS) is 12.9. The zero-order chi connectivity index (χ0) is 6.08. The Bertz CT molecular complexity index is 51.6. The molecule has 0 aromatic heterocycles. The van der Waals surface area contributed by atoms with Crippen molar-refractivity contribution in [2.45, 2.75) is 20.8 Å². The predicted molar refractivity (Wildman–Crippen MR) is 34.4 cm³/mol. The van der Waals surface area contributed by atoms with Crippen molar-refractivity contribution in [2.75, 3.05) is 0 Å². The minimum Gasteiger partial charge on any atom is -0.0977 e. The zero-order valence-electron chi connectivity index (χ0n) is 4.76. The average molecular weight is 140 g/mol. The summed E-state index contributed by atoms with van der Waals surface area (Å²) in [6, 6.07) is 0. The molecule has 0 amide bonds. The first-order chi connectivity index (χ1) is 2.94. The molecule has 0 saturated heterocycles. The minimum atomic E-state index is -0.0525. The van der Waals surface area contributed by atoms with Gasteiger partial charge in [-0.3, -0.25) is 0 Å². The Kier molecular flexibility index (Phi) is 2.42. The van der Waals surface area contributed by atoms with E-state index in [-0.39, 0.29) is 5.41 Å². The van der Waals surface area contributed by atoms with Gasteiger partial charge in [-0.2, -0.15) is 0 Å². The maximum absolute atomic E-state index is 5.44. The van der Waals surface area contributed by atoms with Crippen LogP contribution in [0.3, 0.4) is 0 Å². The molecule has 0 unspecified atom stereocenters. The molecule has 0 spiro atoms. The molecule has 2 heteroatoms. The van der Waals surface area contributed by atoms with Crippen LogP contribution in [-0.2, 0) is 0 Å². The van der Waals surface area contributed by atoms with Gasteiger partial charge >= 0.3 is 0 Å². The van der Waals surface area contributed by atoms with Crippen LogP contribution >= 0.6 is 23.2 Å². The van der Waals surface area contributed by atoms with Gasteiger partial charge in [0.15, 0.2) is 4.84 Å². The van der Waals surface area contributed by atoms with E-state index in [0.717, 1.165) is 0 Å². The molecular weight excluding hydrogens is 131 g/mol. The molecule has 43 valence electrons. The third kappa shape index (κ3) is 3.19. The van der Waals surface area contributed by atoms with Crippen molar-refractivity contribution < 1.29 is 0 Å². The fourth-order valence-corrected chi connectivity index (χ4v) is 0. The average Bonchev–Trinajstić information content (AvgIpc) is 1.31. The summed E-state index contributed by atoms with van der Waals surface area (Å²) in [6.07, 6.45) is 0. The van der Waals surface area contributed by atoms with Crippen molar-refractivity contribution in [3.8, 4) is 0 Å². The zero-order valence-corrected chi connectivity index (χ0v) is 6.27. The second-order valence-corrected chi connectivity index (χ2v) is 3.46.